The number of hydrogen-bond acceptors (Lipinski definition) is 2. The Morgan fingerprint density at radius 1 is 1.19 bits per heavy atom. The first kappa shape index (κ1) is 15.1. The fourth-order valence-corrected chi connectivity index (χ4v) is 3.97. The highest BCUT2D eigenvalue weighted by atomic mass is 79.9. The van der Waals surface area contributed by atoms with Gasteiger partial charge in [-0.05, 0) is 68.3 Å². The van der Waals surface area contributed by atoms with Gasteiger partial charge in [0.15, 0.2) is 4.77 Å². The third-order valence-electron chi connectivity index (χ3n) is 3.11. The van der Waals surface area contributed by atoms with Gasteiger partial charge in [0.2, 0.25) is 0 Å². The van der Waals surface area contributed by atoms with Crippen LogP contribution in [0.5, 0.6) is 5.75 Å². The lowest BCUT2D eigenvalue weighted by Gasteiger charge is -2.11. The van der Waals surface area contributed by atoms with Crippen molar-refractivity contribution in [1.29, 1.82) is 0 Å². The topological polar surface area (TPSA) is 29.9 Å². The van der Waals surface area contributed by atoms with Gasteiger partial charge in [-0.3, -0.25) is 4.57 Å². The van der Waals surface area contributed by atoms with Crippen molar-refractivity contribution >= 4 is 66.7 Å². The molecule has 3 aromatic rings. The van der Waals surface area contributed by atoms with Crippen LogP contribution in [0.1, 0.15) is 0 Å². The molecule has 1 heterocycles. The van der Waals surface area contributed by atoms with E-state index in [1.165, 1.54) is 0 Å². The van der Waals surface area contributed by atoms with Crippen LogP contribution >= 0.6 is 55.7 Å². The predicted molar refractivity (Wildman–Crippen MR) is 95.4 cm³/mol. The minimum atomic E-state index is 0.595. The molecular weight excluding hydrogens is 439 g/mol. The molecule has 108 valence electrons. The molecule has 1 N–H and O–H groups in total. The predicted octanol–water partition coefficient (Wildman–Crippen LogP) is 5.88. The van der Waals surface area contributed by atoms with E-state index in [0.29, 0.717) is 9.79 Å². The molecule has 0 aliphatic heterocycles. The lowest BCUT2D eigenvalue weighted by atomic mass is 10.2. The number of imidazole rings is 1. The van der Waals surface area contributed by atoms with Gasteiger partial charge < -0.3 is 9.72 Å². The van der Waals surface area contributed by atoms with Crippen LogP contribution in [0.4, 0.5) is 0 Å². The van der Waals surface area contributed by atoms with Crippen LogP contribution < -0.4 is 4.74 Å². The van der Waals surface area contributed by atoms with Crippen LogP contribution in [0.15, 0.2) is 39.3 Å². The van der Waals surface area contributed by atoms with Crippen molar-refractivity contribution in [3.8, 4) is 11.4 Å². The van der Waals surface area contributed by atoms with Crippen molar-refractivity contribution in [2.24, 2.45) is 0 Å². The average Bonchev–Trinajstić information content (AvgIpc) is 2.75. The summed E-state index contributed by atoms with van der Waals surface area (Å²) >= 11 is 18.6. The fraction of sp³-hybridized carbons (Fsp3) is 0.0714. The van der Waals surface area contributed by atoms with E-state index in [4.69, 9.17) is 28.6 Å². The van der Waals surface area contributed by atoms with E-state index in [2.05, 4.69) is 36.8 Å². The van der Waals surface area contributed by atoms with Crippen LogP contribution in [0, 0.1) is 4.77 Å². The lowest BCUT2D eigenvalue weighted by Crippen LogP contribution is -1.97. The van der Waals surface area contributed by atoms with Crippen LogP contribution in [0.2, 0.25) is 5.02 Å². The Bertz CT molecular complexity index is 904. The van der Waals surface area contributed by atoms with Crippen molar-refractivity contribution < 1.29 is 4.74 Å². The number of nitrogens with zero attached hydrogens (tertiary/aromatic N) is 1. The summed E-state index contributed by atoms with van der Waals surface area (Å²) in [4.78, 5) is 3.18. The number of nitrogens with one attached hydrogen (secondary N) is 1. The van der Waals surface area contributed by atoms with E-state index in [9.17, 15) is 0 Å². The largest absolute Gasteiger partial charge is 0.495 e. The number of aromatic nitrogens is 2. The Kier molecular flexibility index (Phi) is 4.14. The first-order valence-corrected chi connectivity index (χ1v) is 8.32. The van der Waals surface area contributed by atoms with E-state index in [1.54, 1.807) is 7.11 Å². The average molecular weight is 449 g/mol. The van der Waals surface area contributed by atoms with Crippen LogP contribution in [-0.4, -0.2) is 16.7 Å². The number of aromatic amines is 1. The van der Waals surface area contributed by atoms with Gasteiger partial charge in [0.1, 0.15) is 5.75 Å². The van der Waals surface area contributed by atoms with Crippen molar-refractivity contribution in [2.75, 3.05) is 7.11 Å². The number of benzene rings is 2. The third-order valence-corrected chi connectivity index (χ3v) is 4.88. The van der Waals surface area contributed by atoms with Crippen molar-refractivity contribution in [3.63, 3.8) is 0 Å². The molecule has 0 aliphatic rings. The lowest BCUT2D eigenvalue weighted by molar-refractivity contribution is 0.412. The molecule has 2 aromatic carbocycles. The summed E-state index contributed by atoms with van der Waals surface area (Å²) in [6.07, 6.45) is 0. The van der Waals surface area contributed by atoms with Gasteiger partial charge in [-0.2, -0.15) is 0 Å². The fourth-order valence-electron chi connectivity index (χ4n) is 2.16. The molecule has 21 heavy (non-hydrogen) atoms. The van der Waals surface area contributed by atoms with E-state index in [-0.39, 0.29) is 0 Å². The molecule has 7 heteroatoms. The zero-order chi connectivity index (χ0) is 15.1. The molecule has 0 aliphatic carbocycles. The molecule has 0 saturated heterocycles. The summed E-state index contributed by atoms with van der Waals surface area (Å²) in [5, 5.41) is 0.658. The summed E-state index contributed by atoms with van der Waals surface area (Å²) in [6, 6.07) is 9.46. The minimum absolute atomic E-state index is 0.595. The van der Waals surface area contributed by atoms with Crippen molar-refractivity contribution in [1.82, 2.24) is 9.55 Å². The van der Waals surface area contributed by atoms with Crippen LogP contribution in [-0.2, 0) is 0 Å². The van der Waals surface area contributed by atoms with E-state index in [1.807, 2.05) is 34.9 Å². The summed E-state index contributed by atoms with van der Waals surface area (Å²) in [6.45, 7) is 0. The maximum absolute atomic E-state index is 6.11. The van der Waals surface area contributed by atoms with Crippen LogP contribution in [0.3, 0.4) is 0 Å². The van der Waals surface area contributed by atoms with Gasteiger partial charge in [-0.25, -0.2) is 0 Å². The van der Waals surface area contributed by atoms with Gasteiger partial charge in [0.05, 0.1) is 28.3 Å². The molecule has 0 bridgehead atoms. The van der Waals surface area contributed by atoms with E-state index in [0.717, 1.165) is 31.4 Å². The quantitative estimate of drug-likeness (QED) is 0.497. The maximum Gasteiger partial charge on any atom is 0.182 e. The Balaban J connectivity index is 2.37. The molecule has 0 unspecified atom stereocenters. The molecule has 0 fully saturated rings. The summed E-state index contributed by atoms with van der Waals surface area (Å²) in [5.74, 6) is 0.728. The molecule has 0 atom stereocenters. The Labute approximate surface area is 148 Å². The van der Waals surface area contributed by atoms with Crippen molar-refractivity contribution in [2.45, 2.75) is 0 Å². The van der Waals surface area contributed by atoms with Crippen LogP contribution in [0.25, 0.3) is 16.7 Å². The Morgan fingerprint density at radius 2 is 1.95 bits per heavy atom. The smallest absolute Gasteiger partial charge is 0.182 e. The Morgan fingerprint density at radius 3 is 2.67 bits per heavy atom. The number of halogens is 3. The number of hydrogen-bond donors (Lipinski definition) is 1. The summed E-state index contributed by atoms with van der Waals surface area (Å²) < 4.78 is 9.65. The molecule has 3 rings (SSSR count). The minimum Gasteiger partial charge on any atom is -0.495 e. The number of methoxy groups -OCH3 is 1. The van der Waals surface area contributed by atoms with Gasteiger partial charge in [-0.1, -0.05) is 11.6 Å². The molecule has 1 aromatic heterocycles. The first-order chi connectivity index (χ1) is 10.0. The third kappa shape index (κ3) is 2.65. The molecule has 0 amide bonds. The number of rotatable bonds is 2. The molecular formula is C14H9Br2ClN2OS. The number of H-pyrrole nitrogens is 1. The molecule has 0 spiro atoms. The standard InChI is InChI=1S/C14H9Br2ClN2OS/c1-20-13-6-11(8(15)5-9(13)16)19-12-4-7(17)2-3-10(12)18-14(19)21/h2-6H,1H3,(H,18,21). The highest BCUT2D eigenvalue weighted by Crippen LogP contribution is 2.35. The van der Waals surface area contributed by atoms with Gasteiger partial charge in [-0.15, -0.1) is 0 Å². The zero-order valence-electron chi connectivity index (χ0n) is 10.8. The number of ether oxygens (including phenoxy) is 1. The monoisotopic (exact) mass is 446 g/mol. The second-order valence-corrected chi connectivity index (χ2v) is 6.90. The normalized spacial score (nSPS) is 11.0. The van der Waals surface area contributed by atoms with Gasteiger partial charge in [0.25, 0.3) is 0 Å². The molecule has 0 saturated carbocycles. The Hall–Kier alpha value is -0.820. The van der Waals surface area contributed by atoms with E-state index >= 15 is 0 Å². The van der Waals surface area contributed by atoms with E-state index < -0.39 is 0 Å². The first-order valence-electron chi connectivity index (χ1n) is 5.95. The molecule has 3 nitrogen and oxygen atoms in total. The SMILES string of the molecule is COc1cc(-n2c(=S)[nH]c3ccc(Cl)cc32)c(Br)cc1Br. The van der Waals surface area contributed by atoms with Gasteiger partial charge >= 0.3 is 0 Å². The maximum atomic E-state index is 6.11. The van der Waals surface area contributed by atoms with Gasteiger partial charge in [0, 0.05) is 15.6 Å². The summed E-state index contributed by atoms with van der Waals surface area (Å²) in [7, 11) is 1.63. The summed E-state index contributed by atoms with van der Waals surface area (Å²) in [5.41, 5.74) is 2.73. The second kappa shape index (κ2) is 5.76. The second-order valence-electron chi connectivity index (χ2n) is 4.37. The van der Waals surface area contributed by atoms with Crippen molar-refractivity contribution in [3.05, 3.63) is 49.1 Å². The molecule has 0 radical (unpaired) electrons. The number of fused-ring (bicyclic) bond motifs is 1. The highest BCUT2D eigenvalue weighted by Gasteiger charge is 2.13. The zero-order valence-corrected chi connectivity index (χ0v) is 15.5. The highest BCUT2D eigenvalue weighted by molar-refractivity contribution is 9.11.